The molecule has 0 aliphatic rings. The topological polar surface area (TPSA) is 96.0 Å². The largest absolute Gasteiger partial charge is 0.509 e. The van der Waals surface area contributed by atoms with Crippen LogP contribution in [0.2, 0.25) is 0 Å². The molecule has 7 nitrogen and oxygen atoms in total. The van der Waals surface area contributed by atoms with Gasteiger partial charge in [0.2, 0.25) is 0 Å². The van der Waals surface area contributed by atoms with Crippen LogP contribution in [0, 0.1) is 0 Å². The third-order valence-electron chi connectivity index (χ3n) is 2.09. The van der Waals surface area contributed by atoms with Crippen molar-refractivity contribution in [1.82, 2.24) is 0 Å². The first-order valence-electron chi connectivity index (χ1n) is 6.22. The van der Waals surface area contributed by atoms with Crippen molar-refractivity contribution >= 4 is 23.7 Å². The summed E-state index contributed by atoms with van der Waals surface area (Å²) in [7, 11) is 0. The third kappa shape index (κ3) is 10.0. The highest BCUT2D eigenvalue weighted by Crippen LogP contribution is 2.02. The fourth-order valence-corrected chi connectivity index (χ4v) is 1.47. The fraction of sp³-hybridized carbons (Fsp3) is 0.692. The van der Waals surface area contributed by atoms with E-state index < -0.39 is 30.9 Å². The molecule has 0 bridgehead atoms. The van der Waals surface area contributed by atoms with E-state index in [1.807, 2.05) is 0 Å². The Bertz CT molecular complexity index is 339. The summed E-state index contributed by atoms with van der Waals surface area (Å²) in [4.78, 5) is 44.0. The summed E-state index contributed by atoms with van der Waals surface area (Å²) in [5, 5.41) is 0. The van der Waals surface area contributed by atoms with Crippen LogP contribution in [0.15, 0.2) is 0 Å². The zero-order chi connectivity index (χ0) is 15.7. The molecule has 0 N–H and O–H groups in total. The number of Topliss-reactive ketones (excluding diaryl/α,β-unsaturated/α-hetero) is 2. The minimum Gasteiger partial charge on any atom is -0.460 e. The molecule has 0 radical (unpaired) electrons. The summed E-state index contributed by atoms with van der Waals surface area (Å²) < 4.78 is 14.1. The van der Waals surface area contributed by atoms with Crippen LogP contribution in [0.3, 0.4) is 0 Å². The Hall–Kier alpha value is -1.92. The average Bonchev–Trinajstić information content (AvgIpc) is 2.23. The molecule has 0 saturated carbocycles. The van der Waals surface area contributed by atoms with Gasteiger partial charge < -0.3 is 14.2 Å². The lowest BCUT2D eigenvalue weighted by molar-refractivity contribution is -0.153. The first-order valence-corrected chi connectivity index (χ1v) is 6.22. The molecule has 2 atom stereocenters. The molecule has 2 unspecified atom stereocenters. The minimum absolute atomic E-state index is 0.0786. The number of rotatable bonds is 8. The Morgan fingerprint density at radius 1 is 0.850 bits per heavy atom. The van der Waals surface area contributed by atoms with Gasteiger partial charge in [0.05, 0.1) is 0 Å². The Labute approximate surface area is 117 Å². The molecule has 0 heterocycles. The van der Waals surface area contributed by atoms with Gasteiger partial charge >= 0.3 is 12.1 Å². The van der Waals surface area contributed by atoms with Gasteiger partial charge in [-0.05, 0) is 27.7 Å². The van der Waals surface area contributed by atoms with Gasteiger partial charge in [0.25, 0.3) is 0 Å². The molecule has 0 aromatic heterocycles. The third-order valence-corrected chi connectivity index (χ3v) is 2.09. The van der Waals surface area contributed by atoms with Gasteiger partial charge in [-0.2, -0.15) is 0 Å². The van der Waals surface area contributed by atoms with Gasteiger partial charge in [0.15, 0.2) is 6.61 Å². The first kappa shape index (κ1) is 18.1. The number of hydrogen-bond donors (Lipinski definition) is 0. The second kappa shape index (κ2) is 9.06. The van der Waals surface area contributed by atoms with Gasteiger partial charge in [0, 0.05) is 12.8 Å². The van der Waals surface area contributed by atoms with Crippen LogP contribution in [0.1, 0.15) is 40.5 Å². The van der Waals surface area contributed by atoms with Crippen LogP contribution in [-0.2, 0) is 28.6 Å². The van der Waals surface area contributed by atoms with Crippen LogP contribution in [0.5, 0.6) is 0 Å². The lowest BCUT2D eigenvalue weighted by atomic mass is 10.2. The molecule has 0 aliphatic carbocycles. The molecule has 0 fully saturated rings. The van der Waals surface area contributed by atoms with Crippen LogP contribution < -0.4 is 0 Å². The van der Waals surface area contributed by atoms with Crippen LogP contribution in [0.25, 0.3) is 0 Å². The maximum Gasteiger partial charge on any atom is 0.509 e. The van der Waals surface area contributed by atoms with Gasteiger partial charge in [0.1, 0.15) is 23.8 Å². The summed E-state index contributed by atoms with van der Waals surface area (Å²) in [6, 6.07) is 0. The average molecular weight is 288 g/mol. The van der Waals surface area contributed by atoms with E-state index in [1.165, 1.54) is 20.8 Å². The van der Waals surface area contributed by atoms with Crippen molar-refractivity contribution < 1.29 is 33.4 Å². The maximum absolute atomic E-state index is 11.3. The molecule has 0 aliphatic heterocycles. The van der Waals surface area contributed by atoms with Crippen LogP contribution in [-0.4, -0.2) is 42.5 Å². The second-order valence-electron chi connectivity index (χ2n) is 4.58. The lowest BCUT2D eigenvalue weighted by Crippen LogP contribution is -2.24. The predicted molar refractivity (Wildman–Crippen MR) is 68.0 cm³/mol. The smallest absolute Gasteiger partial charge is 0.460 e. The van der Waals surface area contributed by atoms with Crippen LogP contribution >= 0.6 is 0 Å². The maximum atomic E-state index is 11.3. The van der Waals surface area contributed by atoms with Gasteiger partial charge in [-0.1, -0.05) is 0 Å². The van der Waals surface area contributed by atoms with E-state index in [0.717, 1.165) is 0 Å². The first-order chi connectivity index (χ1) is 9.20. The second-order valence-corrected chi connectivity index (χ2v) is 4.58. The number of ether oxygens (including phenoxy) is 3. The Kier molecular flexibility index (Phi) is 8.19. The van der Waals surface area contributed by atoms with Crippen molar-refractivity contribution in [1.29, 1.82) is 0 Å². The Balaban J connectivity index is 3.91. The molecule has 0 amide bonds. The Morgan fingerprint density at radius 3 is 1.75 bits per heavy atom. The van der Waals surface area contributed by atoms with Gasteiger partial charge in [-0.25, -0.2) is 9.59 Å². The standard InChI is InChI=1S/C13H20O7/c1-8(14)5-10(3)19-12(16)7-18-13(17)20-11(4)6-9(2)15/h10-11H,5-7H2,1-4H3. The predicted octanol–water partition coefficient (Wildman–Crippen LogP) is 1.42. The summed E-state index contributed by atoms with van der Waals surface area (Å²) in [5.74, 6) is -0.999. The molecule has 0 spiro atoms. The molecule has 0 saturated heterocycles. The molecule has 0 aromatic carbocycles. The molecule has 114 valence electrons. The zero-order valence-electron chi connectivity index (χ0n) is 12.1. The van der Waals surface area contributed by atoms with Gasteiger partial charge in [-0.15, -0.1) is 0 Å². The molecular weight excluding hydrogens is 268 g/mol. The highest BCUT2D eigenvalue weighted by atomic mass is 16.7. The molecule has 20 heavy (non-hydrogen) atoms. The monoisotopic (exact) mass is 288 g/mol. The summed E-state index contributed by atoms with van der Waals surface area (Å²) >= 11 is 0. The SMILES string of the molecule is CC(=O)CC(C)OC(=O)COC(=O)OC(C)CC(C)=O. The van der Waals surface area contributed by atoms with E-state index in [-0.39, 0.29) is 24.4 Å². The lowest BCUT2D eigenvalue weighted by Gasteiger charge is -2.13. The quantitative estimate of drug-likeness (QED) is 0.623. The highest BCUT2D eigenvalue weighted by molar-refractivity contribution is 5.78. The van der Waals surface area contributed by atoms with E-state index in [2.05, 4.69) is 4.74 Å². The number of esters is 1. The number of hydrogen-bond acceptors (Lipinski definition) is 7. The molecule has 0 aromatic rings. The number of carbonyl (C=O) groups excluding carboxylic acids is 4. The number of carbonyl (C=O) groups is 4. The van der Waals surface area contributed by atoms with Crippen molar-refractivity contribution in [2.24, 2.45) is 0 Å². The van der Waals surface area contributed by atoms with E-state index >= 15 is 0 Å². The zero-order valence-corrected chi connectivity index (χ0v) is 12.1. The minimum atomic E-state index is -1.05. The van der Waals surface area contributed by atoms with E-state index in [9.17, 15) is 19.2 Å². The summed E-state index contributed by atoms with van der Waals surface area (Å²) in [6.07, 6.45) is -2.06. The van der Waals surface area contributed by atoms with Crippen LogP contribution in [0.4, 0.5) is 4.79 Å². The Morgan fingerprint density at radius 2 is 1.30 bits per heavy atom. The van der Waals surface area contributed by atoms with E-state index in [4.69, 9.17) is 9.47 Å². The van der Waals surface area contributed by atoms with Crippen molar-refractivity contribution in [3.63, 3.8) is 0 Å². The summed E-state index contributed by atoms with van der Waals surface area (Å²) in [5.41, 5.74) is 0. The van der Waals surface area contributed by atoms with E-state index in [1.54, 1.807) is 6.92 Å². The van der Waals surface area contributed by atoms with Gasteiger partial charge in [-0.3, -0.25) is 9.59 Å². The number of ketones is 2. The van der Waals surface area contributed by atoms with Crippen molar-refractivity contribution in [2.75, 3.05) is 6.61 Å². The summed E-state index contributed by atoms with van der Waals surface area (Å²) in [6.45, 7) is 5.25. The fourth-order valence-electron chi connectivity index (χ4n) is 1.47. The van der Waals surface area contributed by atoms with Crippen molar-refractivity contribution in [2.45, 2.75) is 52.7 Å². The molecular formula is C13H20O7. The van der Waals surface area contributed by atoms with E-state index in [0.29, 0.717) is 0 Å². The molecule has 7 heteroatoms. The van der Waals surface area contributed by atoms with Crippen molar-refractivity contribution in [3.05, 3.63) is 0 Å². The van der Waals surface area contributed by atoms with Crippen molar-refractivity contribution in [3.8, 4) is 0 Å². The highest BCUT2D eigenvalue weighted by Gasteiger charge is 2.16. The molecule has 0 rings (SSSR count). The normalized spacial score (nSPS) is 13.0.